The monoisotopic (exact) mass is 225 g/mol. The summed E-state index contributed by atoms with van der Waals surface area (Å²) in [6.07, 6.45) is 0. The summed E-state index contributed by atoms with van der Waals surface area (Å²) in [5.41, 5.74) is 0.769. The second-order valence-electron chi connectivity index (χ2n) is 3.11. The number of nitrogens with zero attached hydrogens (tertiary/aromatic N) is 1. The van der Waals surface area contributed by atoms with Crippen LogP contribution in [-0.4, -0.2) is 27.9 Å². The van der Waals surface area contributed by atoms with Gasteiger partial charge >= 0.3 is 5.97 Å². The largest absolute Gasteiger partial charge is 0.480 e. The molecule has 0 aliphatic carbocycles. The Labute approximate surface area is 90.0 Å². The van der Waals surface area contributed by atoms with Crippen LogP contribution in [0.5, 0.6) is 0 Å². The molecule has 5 heteroatoms. The van der Waals surface area contributed by atoms with Crippen LogP contribution in [0.3, 0.4) is 0 Å². The minimum Gasteiger partial charge on any atom is -0.480 e. The van der Waals surface area contributed by atoms with E-state index in [1.807, 2.05) is 0 Å². The number of halogens is 1. The minimum atomic E-state index is -0.917. The topological polar surface area (TPSA) is 49.7 Å². The highest BCUT2D eigenvalue weighted by atomic mass is 32.2. The second-order valence-corrected chi connectivity index (χ2v) is 4.11. The normalized spacial score (nSPS) is 20.1. The van der Waals surface area contributed by atoms with Crippen molar-refractivity contribution in [3.05, 3.63) is 35.6 Å². The van der Waals surface area contributed by atoms with E-state index in [-0.39, 0.29) is 5.82 Å². The minimum absolute atomic E-state index is 0.308. The van der Waals surface area contributed by atoms with Crippen LogP contribution in [0.25, 0.3) is 0 Å². The third-order valence-electron chi connectivity index (χ3n) is 2.03. The molecule has 0 spiro atoms. The maximum absolute atomic E-state index is 12.6. The van der Waals surface area contributed by atoms with Gasteiger partial charge in [-0.25, -0.2) is 9.18 Å². The van der Waals surface area contributed by atoms with Crippen molar-refractivity contribution in [2.75, 3.05) is 5.75 Å². The average Bonchev–Trinajstić information content (AvgIpc) is 2.68. The van der Waals surface area contributed by atoms with Crippen LogP contribution >= 0.6 is 11.8 Å². The zero-order valence-corrected chi connectivity index (χ0v) is 8.50. The van der Waals surface area contributed by atoms with Gasteiger partial charge in [-0.1, -0.05) is 0 Å². The molecule has 1 aromatic carbocycles. The number of aliphatic imine (C=N–C) groups is 1. The second kappa shape index (κ2) is 4.02. The molecular formula is C10H8FNO2S. The molecule has 0 bridgehead atoms. The molecule has 1 N–H and O–H groups in total. The van der Waals surface area contributed by atoms with Gasteiger partial charge in [0.05, 0.1) is 5.04 Å². The summed E-state index contributed by atoms with van der Waals surface area (Å²) >= 11 is 1.38. The average molecular weight is 225 g/mol. The summed E-state index contributed by atoms with van der Waals surface area (Å²) in [5.74, 6) is -0.779. The lowest BCUT2D eigenvalue weighted by Gasteiger charge is -1.97. The molecule has 15 heavy (non-hydrogen) atoms. The van der Waals surface area contributed by atoms with E-state index in [2.05, 4.69) is 4.99 Å². The standard InChI is InChI=1S/C10H8FNO2S/c11-7-3-1-6(2-4-7)9-12-8(5-15-9)10(13)14/h1-4,8H,5H2,(H,13,14)/t8-/m0/s1. The van der Waals surface area contributed by atoms with Crippen LogP contribution in [0.15, 0.2) is 29.3 Å². The van der Waals surface area contributed by atoms with E-state index in [0.717, 1.165) is 5.56 Å². The molecule has 1 aliphatic rings. The molecule has 78 valence electrons. The number of hydrogen-bond acceptors (Lipinski definition) is 3. The zero-order valence-electron chi connectivity index (χ0n) is 7.68. The van der Waals surface area contributed by atoms with Gasteiger partial charge in [0.2, 0.25) is 0 Å². The number of carboxylic acid groups (broad SMARTS) is 1. The van der Waals surface area contributed by atoms with E-state index in [4.69, 9.17) is 5.11 Å². The predicted octanol–water partition coefficient (Wildman–Crippen LogP) is 1.77. The summed E-state index contributed by atoms with van der Waals surface area (Å²) in [6.45, 7) is 0. The van der Waals surface area contributed by atoms with Crippen molar-refractivity contribution < 1.29 is 14.3 Å². The lowest BCUT2D eigenvalue weighted by Crippen LogP contribution is -2.17. The fourth-order valence-electron chi connectivity index (χ4n) is 1.25. The van der Waals surface area contributed by atoms with Gasteiger partial charge in [0.25, 0.3) is 0 Å². The Balaban J connectivity index is 2.22. The SMILES string of the molecule is O=C(O)[C@@H]1CSC(c2ccc(F)cc2)=N1. The first-order valence-corrected chi connectivity index (χ1v) is 5.35. The molecule has 2 rings (SSSR count). The van der Waals surface area contributed by atoms with Crippen LogP contribution < -0.4 is 0 Å². The lowest BCUT2D eigenvalue weighted by atomic mass is 10.2. The van der Waals surface area contributed by atoms with Crippen molar-refractivity contribution in [1.82, 2.24) is 0 Å². The van der Waals surface area contributed by atoms with Gasteiger partial charge in [-0.15, -0.1) is 11.8 Å². The summed E-state index contributed by atoms with van der Waals surface area (Å²) in [5, 5.41) is 9.41. The smallest absolute Gasteiger partial charge is 0.329 e. The van der Waals surface area contributed by atoms with E-state index in [0.29, 0.717) is 10.8 Å². The first kappa shape index (κ1) is 10.2. The first-order valence-electron chi connectivity index (χ1n) is 4.36. The number of thioether (sulfide) groups is 1. The van der Waals surface area contributed by atoms with Crippen molar-refractivity contribution in [3.8, 4) is 0 Å². The maximum atomic E-state index is 12.6. The Bertz CT molecular complexity index is 416. The quantitative estimate of drug-likeness (QED) is 0.834. The van der Waals surface area contributed by atoms with E-state index < -0.39 is 12.0 Å². The van der Waals surface area contributed by atoms with Gasteiger partial charge in [0, 0.05) is 11.3 Å². The fourth-order valence-corrected chi connectivity index (χ4v) is 2.29. The van der Waals surface area contributed by atoms with Gasteiger partial charge < -0.3 is 5.11 Å². The molecule has 1 heterocycles. The van der Waals surface area contributed by atoms with Gasteiger partial charge in [-0.2, -0.15) is 0 Å². The van der Waals surface area contributed by atoms with E-state index >= 15 is 0 Å². The Morgan fingerprint density at radius 1 is 1.47 bits per heavy atom. The Kier molecular flexibility index (Phi) is 2.73. The van der Waals surface area contributed by atoms with Crippen LogP contribution in [0.4, 0.5) is 4.39 Å². The number of benzene rings is 1. The number of carboxylic acids is 1. The highest BCUT2D eigenvalue weighted by Gasteiger charge is 2.24. The molecule has 0 aromatic heterocycles. The molecule has 1 aliphatic heterocycles. The van der Waals surface area contributed by atoms with Gasteiger partial charge in [-0.05, 0) is 24.3 Å². The molecule has 0 radical (unpaired) electrons. The maximum Gasteiger partial charge on any atom is 0.329 e. The van der Waals surface area contributed by atoms with Gasteiger partial charge in [-0.3, -0.25) is 4.99 Å². The molecule has 1 aromatic rings. The Hall–Kier alpha value is -1.36. The van der Waals surface area contributed by atoms with Crippen molar-refractivity contribution in [2.45, 2.75) is 6.04 Å². The molecule has 0 saturated heterocycles. The van der Waals surface area contributed by atoms with E-state index in [9.17, 15) is 9.18 Å². The Morgan fingerprint density at radius 2 is 2.13 bits per heavy atom. The molecule has 0 unspecified atom stereocenters. The number of carbonyl (C=O) groups is 1. The highest BCUT2D eigenvalue weighted by Crippen LogP contribution is 2.23. The predicted molar refractivity (Wildman–Crippen MR) is 56.8 cm³/mol. The van der Waals surface area contributed by atoms with E-state index in [1.165, 1.54) is 23.9 Å². The summed E-state index contributed by atoms with van der Waals surface area (Å²) < 4.78 is 12.6. The molecule has 0 saturated carbocycles. The molecule has 0 amide bonds. The molecule has 0 fully saturated rings. The van der Waals surface area contributed by atoms with Gasteiger partial charge in [0.15, 0.2) is 6.04 Å². The molecular weight excluding hydrogens is 217 g/mol. The summed E-state index contributed by atoms with van der Waals surface area (Å²) in [7, 11) is 0. The van der Waals surface area contributed by atoms with Crippen molar-refractivity contribution in [3.63, 3.8) is 0 Å². The highest BCUT2D eigenvalue weighted by molar-refractivity contribution is 8.14. The fraction of sp³-hybridized carbons (Fsp3) is 0.200. The summed E-state index contributed by atoms with van der Waals surface area (Å²) in [6, 6.07) is 5.21. The molecule has 1 atom stereocenters. The van der Waals surface area contributed by atoms with Gasteiger partial charge in [0.1, 0.15) is 5.82 Å². The van der Waals surface area contributed by atoms with Crippen molar-refractivity contribution in [2.24, 2.45) is 4.99 Å². The number of hydrogen-bond donors (Lipinski definition) is 1. The third-order valence-corrected chi connectivity index (χ3v) is 3.12. The number of aliphatic carboxylic acids is 1. The molecule has 3 nitrogen and oxygen atoms in total. The lowest BCUT2D eigenvalue weighted by molar-refractivity contribution is -0.137. The zero-order chi connectivity index (χ0) is 10.8. The van der Waals surface area contributed by atoms with Crippen LogP contribution in [-0.2, 0) is 4.79 Å². The van der Waals surface area contributed by atoms with Crippen LogP contribution in [0.2, 0.25) is 0 Å². The third kappa shape index (κ3) is 2.18. The van der Waals surface area contributed by atoms with Crippen LogP contribution in [0, 0.1) is 5.82 Å². The first-order chi connectivity index (χ1) is 7.16. The van der Waals surface area contributed by atoms with Crippen LogP contribution in [0.1, 0.15) is 5.56 Å². The van der Waals surface area contributed by atoms with Crippen molar-refractivity contribution >= 4 is 22.8 Å². The number of rotatable bonds is 2. The summed E-state index contributed by atoms with van der Waals surface area (Å²) in [4.78, 5) is 14.7. The van der Waals surface area contributed by atoms with E-state index in [1.54, 1.807) is 12.1 Å². The van der Waals surface area contributed by atoms with Crippen molar-refractivity contribution in [1.29, 1.82) is 0 Å². The Morgan fingerprint density at radius 3 is 2.67 bits per heavy atom.